The van der Waals surface area contributed by atoms with Gasteiger partial charge in [0.2, 0.25) is 21.7 Å². The summed E-state index contributed by atoms with van der Waals surface area (Å²) < 4.78 is 33.9. The number of rotatable bonds is 4. The molecule has 7 heteroatoms. The van der Waals surface area contributed by atoms with Crippen LogP contribution in [0.5, 0.6) is 0 Å². The first kappa shape index (κ1) is 20.8. The van der Waals surface area contributed by atoms with E-state index in [0.717, 1.165) is 24.0 Å². The molecular weight excluding hydrogens is 398 g/mol. The predicted octanol–water partition coefficient (Wildman–Crippen LogP) is 4.95. The van der Waals surface area contributed by atoms with Crippen molar-refractivity contribution in [2.45, 2.75) is 56.4 Å². The van der Waals surface area contributed by atoms with Gasteiger partial charge in [0.05, 0.1) is 4.90 Å². The molecule has 0 spiro atoms. The molecule has 1 aromatic heterocycles. The number of sulfonamides is 1. The average molecular weight is 426 g/mol. The van der Waals surface area contributed by atoms with E-state index in [1.165, 1.54) is 4.31 Å². The van der Waals surface area contributed by atoms with Crippen molar-refractivity contribution in [2.24, 2.45) is 0 Å². The first-order valence-electron chi connectivity index (χ1n) is 10.3. The lowest BCUT2D eigenvalue weighted by Gasteiger charge is -2.32. The van der Waals surface area contributed by atoms with Gasteiger partial charge in [0.15, 0.2) is 0 Å². The highest BCUT2D eigenvalue weighted by atomic mass is 32.2. The van der Waals surface area contributed by atoms with Gasteiger partial charge in [-0.25, -0.2) is 8.42 Å². The molecule has 0 aliphatic carbocycles. The smallest absolute Gasteiger partial charge is 0.245 e. The second-order valence-corrected chi connectivity index (χ2v) is 10.6. The lowest BCUT2D eigenvalue weighted by atomic mass is 9.87. The van der Waals surface area contributed by atoms with E-state index in [4.69, 9.17) is 4.52 Å². The summed E-state index contributed by atoms with van der Waals surface area (Å²) in [6.07, 6.45) is 2.40. The lowest BCUT2D eigenvalue weighted by molar-refractivity contribution is 0.204. The predicted molar refractivity (Wildman–Crippen MR) is 115 cm³/mol. The van der Waals surface area contributed by atoms with Gasteiger partial charge in [-0.15, -0.1) is 0 Å². The number of aromatic nitrogens is 2. The Morgan fingerprint density at radius 3 is 2.37 bits per heavy atom. The second kappa shape index (κ2) is 7.96. The van der Waals surface area contributed by atoms with E-state index in [0.29, 0.717) is 29.6 Å². The molecule has 0 N–H and O–H groups in total. The highest BCUT2D eigenvalue weighted by Crippen LogP contribution is 2.36. The van der Waals surface area contributed by atoms with Crippen LogP contribution in [0, 0.1) is 0 Å². The molecule has 0 saturated carbocycles. The lowest BCUT2D eigenvalue weighted by Crippen LogP contribution is -2.38. The van der Waals surface area contributed by atoms with Crippen molar-refractivity contribution in [1.29, 1.82) is 0 Å². The van der Waals surface area contributed by atoms with Gasteiger partial charge in [-0.1, -0.05) is 74.8 Å². The summed E-state index contributed by atoms with van der Waals surface area (Å²) in [4.78, 5) is 4.82. The quantitative estimate of drug-likeness (QED) is 0.591. The van der Waals surface area contributed by atoms with Gasteiger partial charge in [0.25, 0.3) is 0 Å². The first-order chi connectivity index (χ1) is 14.3. The minimum atomic E-state index is -3.67. The Kier molecular flexibility index (Phi) is 5.51. The van der Waals surface area contributed by atoms with E-state index in [9.17, 15) is 8.42 Å². The van der Waals surface area contributed by atoms with Gasteiger partial charge >= 0.3 is 0 Å². The second-order valence-electron chi connectivity index (χ2n) is 8.72. The molecule has 0 bridgehead atoms. The molecule has 2 heterocycles. The SMILES string of the molecule is CC(C)(C)c1ccc(S(=O)(=O)N2CCCCC2c2nc(-c3ccccc3)no2)cc1. The Morgan fingerprint density at radius 1 is 1.00 bits per heavy atom. The van der Waals surface area contributed by atoms with Crippen LogP contribution in [-0.2, 0) is 15.4 Å². The van der Waals surface area contributed by atoms with Crippen molar-refractivity contribution in [1.82, 2.24) is 14.4 Å². The fraction of sp³-hybridized carbons (Fsp3) is 0.391. The number of hydrogen-bond acceptors (Lipinski definition) is 5. The van der Waals surface area contributed by atoms with E-state index in [2.05, 4.69) is 30.9 Å². The normalized spacial score (nSPS) is 18.4. The van der Waals surface area contributed by atoms with E-state index in [1.54, 1.807) is 12.1 Å². The third kappa shape index (κ3) is 4.04. The van der Waals surface area contributed by atoms with Crippen molar-refractivity contribution in [3.05, 3.63) is 66.1 Å². The van der Waals surface area contributed by atoms with Crippen LogP contribution in [0.2, 0.25) is 0 Å². The summed E-state index contributed by atoms with van der Waals surface area (Å²) in [5.74, 6) is 0.825. The topological polar surface area (TPSA) is 76.3 Å². The number of benzene rings is 2. The number of hydrogen-bond donors (Lipinski definition) is 0. The Hall–Kier alpha value is -2.51. The summed E-state index contributed by atoms with van der Waals surface area (Å²) in [6.45, 7) is 6.77. The third-order valence-electron chi connectivity index (χ3n) is 5.54. The minimum Gasteiger partial charge on any atom is -0.337 e. The van der Waals surface area contributed by atoms with Crippen LogP contribution < -0.4 is 0 Å². The molecule has 1 aliphatic heterocycles. The van der Waals surface area contributed by atoms with Crippen LogP contribution in [0.1, 0.15) is 57.5 Å². The van der Waals surface area contributed by atoms with Crippen molar-refractivity contribution in [3.63, 3.8) is 0 Å². The van der Waals surface area contributed by atoms with Crippen molar-refractivity contribution < 1.29 is 12.9 Å². The molecular formula is C23H27N3O3S. The molecule has 30 heavy (non-hydrogen) atoms. The van der Waals surface area contributed by atoms with Crippen molar-refractivity contribution in [3.8, 4) is 11.4 Å². The molecule has 0 amide bonds. The summed E-state index contributed by atoms with van der Waals surface area (Å²) >= 11 is 0. The molecule has 6 nitrogen and oxygen atoms in total. The number of nitrogens with zero attached hydrogens (tertiary/aromatic N) is 3. The molecule has 1 unspecified atom stereocenters. The van der Waals surface area contributed by atoms with Crippen LogP contribution in [0.4, 0.5) is 0 Å². The standard InChI is InChI=1S/C23H27N3O3S/c1-23(2,3)18-12-14-19(15-13-18)30(27,28)26-16-8-7-11-20(26)22-24-21(25-29-22)17-9-5-4-6-10-17/h4-6,9-10,12-15,20H,7-8,11,16H2,1-3H3. The van der Waals surface area contributed by atoms with Crippen LogP contribution in [0.25, 0.3) is 11.4 Å². The Labute approximate surface area is 178 Å². The summed E-state index contributed by atoms with van der Waals surface area (Å²) in [6, 6.07) is 16.3. The summed E-state index contributed by atoms with van der Waals surface area (Å²) in [7, 11) is -3.67. The molecule has 1 fully saturated rings. The molecule has 158 valence electrons. The van der Waals surface area contributed by atoms with Crippen LogP contribution in [0.3, 0.4) is 0 Å². The maximum absolute atomic E-state index is 13.4. The van der Waals surface area contributed by atoms with Crippen molar-refractivity contribution >= 4 is 10.0 Å². The Morgan fingerprint density at radius 2 is 1.70 bits per heavy atom. The molecule has 2 aromatic carbocycles. The van der Waals surface area contributed by atoms with E-state index < -0.39 is 16.1 Å². The highest BCUT2D eigenvalue weighted by Gasteiger charge is 2.37. The zero-order valence-corrected chi connectivity index (χ0v) is 18.4. The van der Waals surface area contributed by atoms with Crippen LogP contribution >= 0.6 is 0 Å². The van der Waals surface area contributed by atoms with Gasteiger partial charge in [0.1, 0.15) is 6.04 Å². The molecule has 1 atom stereocenters. The maximum atomic E-state index is 13.4. The molecule has 4 rings (SSSR count). The summed E-state index contributed by atoms with van der Waals surface area (Å²) in [5, 5.41) is 4.08. The van der Waals surface area contributed by atoms with E-state index >= 15 is 0 Å². The van der Waals surface area contributed by atoms with E-state index in [1.807, 2.05) is 42.5 Å². The largest absolute Gasteiger partial charge is 0.337 e. The van der Waals surface area contributed by atoms with Gasteiger partial charge in [0, 0.05) is 12.1 Å². The Balaban J connectivity index is 1.64. The fourth-order valence-electron chi connectivity index (χ4n) is 3.78. The van der Waals surface area contributed by atoms with Gasteiger partial charge in [-0.2, -0.15) is 9.29 Å². The molecule has 3 aromatic rings. The molecule has 1 saturated heterocycles. The summed E-state index contributed by atoms with van der Waals surface area (Å²) in [5.41, 5.74) is 1.91. The zero-order valence-electron chi connectivity index (χ0n) is 17.6. The zero-order chi connectivity index (χ0) is 21.4. The van der Waals surface area contributed by atoms with Crippen LogP contribution in [-0.4, -0.2) is 29.4 Å². The maximum Gasteiger partial charge on any atom is 0.245 e. The van der Waals surface area contributed by atoms with Crippen LogP contribution in [0.15, 0.2) is 64.0 Å². The van der Waals surface area contributed by atoms with Gasteiger partial charge < -0.3 is 4.52 Å². The highest BCUT2D eigenvalue weighted by molar-refractivity contribution is 7.89. The first-order valence-corrected chi connectivity index (χ1v) is 11.7. The third-order valence-corrected chi connectivity index (χ3v) is 7.46. The monoisotopic (exact) mass is 425 g/mol. The molecule has 0 radical (unpaired) electrons. The minimum absolute atomic E-state index is 0.0342. The van der Waals surface area contributed by atoms with E-state index in [-0.39, 0.29) is 5.41 Å². The molecule has 1 aliphatic rings. The Bertz CT molecular complexity index is 1100. The van der Waals surface area contributed by atoms with Gasteiger partial charge in [-0.05, 0) is 36.0 Å². The van der Waals surface area contributed by atoms with Gasteiger partial charge in [-0.3, -0.25) is 0 Å². The number of piperidine rings is 1. The fourth-order valence-corrected chi connectivity index (χ4v) is 5.43. The average Bonchev–Trinajstić information content (AvgIpc) is 3.24. The van der Waals surface area contributed by atoms with Crippen molar-refractivity contribution in [2.75, 3.05) is 6.54 Å².